The molecule has 0 N–H and O–H groups in total. The van der Waals surface area contributed by atoms with Crippen molar-refractivity contribution in [2.45, 2.75) is 38.7 Å². The Bertz CT molecular complexity index is 133. The van der Waals surface area contributed by atoms with E-state index < -0.39 is 7.87 Å². The molecule has 12 heavy (non-hydrogen) atoms. The SMILES string of the molecule is CCO[Si](Cl)(OCC)C1CCC1. The lowest BCUT2D eigenvalue weighted by atomic mass is 10.00. The van der Waals surface area contributed by atoms with Gasteiger partial charge in [0.05, 0.1) is 0 Å². The van der Waals surface area contributed by atoms with Crippen LogP contribution in [0.1, 0.15) is 33.1 Å². The summed E-state index contributed by atoms with van der Waals surface area (Å²) >= 11 is 6.34. The van der Waals surface area contributed by atoms with Gasteiger partial charge in [0.2, 0.25) is 0 Å². The molecular weight excluding hydrogens is 192 g/mol. The molecule has 0 spiro atoms. The van der Waals surface area contributed by atoms with Gasteiger partial charge in [-0.05, 0) is 26.7 Å². The van der Waals surface area contributed by atoms with Crippen LogP contribution in [0.5, 0.6) is 0 Å². The van der Waals surface area contributed by atoms with E-state index in [9.17, 15) is 0 Å². The minimum Gasteiger partial charge on any atom is -0.383 e. The smallest absolute Gasteiger partial charge is 0.383 e. The van der Waals surface area contributed by atoms with Crippen LogP contribution in [-0.2, 0) is 8.85 Å². The third kappa shape index (κ3) is 2.22. The average Bonchev–Trinajstić information content (AvgIpc) is 1.82. The maximum Gasteiger partial charge on any atom is 0.446 e. The summed E-state index contributed by atoms with van der Waals surface area (Å²) in [6, 6.07) is 0. The van der Waals surface area contributed by atoms with Gasteiger partial charge in [-0.25, -0.2) is 0 Å². The zero-order chi connectivity index (χ0) is 9.03. The van der Waals surface area contributed by atoms with Crippen LogP contribution in [0.25, 0.3) is 0 Å². The van der Waals surface area contributed by atoms with Crippen LogP contribution in [0.4, 0.5) is 0 Å². The molecule has 0 heterocycles. The first-order valence-corrected chi connectivity index (χ1v) is 7.60. The zero-order valence-electron chi connectivity index (χ0n) is 7.81. The summed E-state index contributed by atoms with van der Waals surface area (Å²) in [5, 5.41) is 0. The van der Waals surface area contributed by atoms with Gasteiger partial charge in [-0.3, -0.25) is 0 Å². The Morgan fingerprint density at radius 3 is 2.00 bits per heavy atom. The van der Waals surface area contributed by atoms with Gasteiger partial charge in [0.15, 0.2) is 0 Å². The van der Waals surface area contributed by atoms with Crippen molar-refractivity contribution in [3.05, 3.63) is 0 Å². The van der Waals surface area contributed by atoms with E-state index in [1.807, 2.05) is 13.8 Å². The molecule has 0 atom stereocenters. The highest BCUT2D eigenvalue weighted by Gasteiger charge is 2.47. The largest absolute Gasteiger partial charge is 0.446 e. The average molecular weight is 209 g/mol. The van der Waals surface area contributed by atoms with Gasteiger partial charge in [0.25, 0.3) is 0 Å². The van der Waals surface area contributed by atoms with Gasteiger partial charge in [0, 0.05) is 18.8 Å². The fourth-order valence-electron chi connectivity index (χ4n) is 1.42. The molecular formula is C8H17ClO2Si. The predicted octanol–water partition coefficient (Wildman–Crippen LogP) is 2.79. The Morgan fingerprint density at radius 2 is 1.75 bits per heavy atom. The third-order valence-electron chi connectivity index (χ3n) is 2.28. The number of halogens is 1. The lowest BCUT2D eigenvalue weighted by molar-refractivity contribution is 0.179. The number of hydrogen-bond acceptors (Lipinski definition) is 2. The van der Waals surface area contributed by atoms with Crippen molar-refractivity contribution in [1.82, 2.24) is 0 Å². The van der Waals surface area contributed by atoms with Crippen molar-refractivity contribution in [2.75, 3.05) is 13.2 Å². The first kappa shape index (κ1) is 10.5. The Hall–Kier alpha value is 0.427. The molecule has 0 aromatic heterocycles. The van der Waals surface area contributed by atoms with E-state index in [0.29, 0.717) is 18.8 Å². The summed E-state index contributed by atoms with van der Waals surface area (Å²) in [5.74, 6) is 0. The lowest BCUT2D eigenvalue weighted by Gasteiger charge is -2.36. The van der Waals surface area contributed by atoms with E-state index in [1.54, 1.807) is 0 Å². The van der Waals surface area contributed by atoms with E-state index in [0.717, 1.165) is 0 Å². The molecule has 0 unspecified atom stereocenters. The van der Waals surface area contributed by atoms with Crippen molar-refractivity contribution in [2.24, 2.45) is 0 Å². The fraction of sp³-hybridized carbons (Fsp3) is 1.00. The summed E-state index contributed by atoms with van der Waals surface area (Å²) < 4.78 is 11.1. The Morgan fingerprint density at radius 1 is 1.25 bits per heavy atom. The van der Waals surface area contributed by atoms with Crippen molar-refractivity contribution >= 4 is 18.9 Å². The monoisotopic (exact) mass is 208 g/mol. The van der Waals surface area contributed by atoms with E-state index >= 15 is 0 Å². The van der Waals surface area contributed by atoms with Gasteiger partial charge in [0.1, 0.15) is 0 Å². The molecule has 1 saturated carbocycles. The van der Waals surface area contributed by atoms with Gasteiger partial charge >= 0.3 is 7.87 Å². The lowest BCUT2D eigenvalue weighted by Crippen LogP contribution is -2.44. The maximum absolute atomic E-state index is 6.34. The highest BCUT2D eigenvalue weighted by atomic mass is 35.6. The third-order valence-corrected chi connectivity index (χ3v) is 6.77. The first-order valence-electron chi connectivity index (χ1n) is 4.69. The Labute approximate surface area is 80.2 Å². The molecule has 0 aromatic rings. The minimum absolute atomic E-state index is 0.527. The van der Waals surface area contributed by atoms with Gasteiger partial charge in [-0.1, -0.05) is 17.5 Å². The second-order valence-electron chi connectivity index (χ2n) is 3.08. The Kier molecular flexibility index (Phi) is 4.03. The topological polar surface area (TPSA) is 18.5 Å². The predicted molar refractivity (Wildman–Crippen MR) is 52.5 cm³/mol. The summed E-state index contributed by atoms with van der Waals surface area (Å²) in [5.41, 5.74) is 0.527. The molecule has 0 aliphatic heterocycles. The maximum atomic E-state index is 6.34. The van der Waals surface area contributed by atoms with Crippen LogP contribution in [0, 0.1) is 0 Å². The van der Waals surface area contributed by atoms with Crippen LogP contribution in [0.2, 0.25) is 5.54 Å². The standard InChI is InChI=1S/C8H17ClO2Si/c1-3-10-12(9,11-4-2)8-6-5-7-8/h8H,3-7H2,1-2H3. The molecule has 1 fully saturated rings. The minimum atomic E-state index is -2.29. The van der Waals surface area contributed by atoms with Gasteiger partial charge in [-0.15, -0.1) is 0 Å². The Balaban J connectivity index is 2.44. The van der Waals surface area contributed by atoms with Crippen molar-refractivity contribution < 1.29 is 8.85 Å². The fourth-order valence-corrected chi connectivity index (χ4v) is 5.17. The molecule has 4 heteroatoms. The highest BCUT2D eigenvalue weighted by Crippen LogP contribution is 2.43. The molecule has 0 amide bonds. The van der Waals surface area contributed by atoms with Crippen molar-refractivity contribution in [1.29, 1.82) is 0 Å². The van der Waals surface area contributed by atoms with Crippen molar-refractivity contribution in [3.63, 3.8) is 0 Å². The van der Waals surface area contributed by atoms with E-state index in [1.165, 1.54) is 19.3 Å². The second kappa shape index (κ2) is 4.60. The normalized spacial score (nSPS) is 19.2. The first-order chi connectivity index (χ1) is 5.73. The quantitative estimate of drug-likeness (QED) is 0.511. The summed E-state index contributed by atoms with van der Waals surface area (Å²) in [6.45, 7) is 5.29. The molecule has 1 aliphatic carbocycles. The van der Waals surface area contributed by atoms with Gasteiger partial charge < -0.3 is 8.85 Å². The van der Waals surface area contributed by atoms with Crippen LogP contribution in [0.15, 0.2) is 0 Å². The van der Waals surface area contributed by atoms with Crippen LogP contribution < -0.4 is 0 Å². The molecule has 2 nitrogen and oxygen atoms in total. The van der Waals surface area contributed by atoms with E-state index in [2.05, 4.69) is 0 Å². The molecule has 0 aromatic carbocycles. The molecule has 72 valence electrons. The van der Waals surface area contributed by atoms with Crippen LogP contribution >= 0.6 is 11.1 Å². The molecule has 0 radical (unpaired) electrons. The second-order valence-corrected chi connectivity index (χ2v) is 7.22. The number of rotatable bonds is 5. The highest BCUT2D eigenvalue weighted by molar-refractivity contribution is 7.13. The van der Waals surface area contributed by atoms with Crippen LogP contribution in [-0.4, -0.2) is 21.1 Å². The van der Waals surface area contributed by atoms with Crippen molar-refractivity contribution in [3.8, 4) is 0 Å². The molecule has 1 aliphatic rings. The molecule has 0 bridgehead atoms. The summed E-state index contributed by atoms with van der Waals surface area (Å²) in [4.78, 5) is 0. The van der Waals surface area contributed by atoms with E-state index in [4.69, 9.17) is 19.9 Å². The molecule has 1 rings (SSSR count). The zero-order valence-corrected chi connectivity index (χ0v) is 9.56. The van der Waals surface area contributed by atoms with Crippen LogP contribution in [0.3, 0.4) is 0 Å². The van der Waals surface area contributed by atoms with E-state index in [-0.39, 0.29) is 0 Å². The summed E-state index contributed by atoms with van der Waals surface area (Å²) in [6.07, 6.45) is 3.66. The summed E-state index contributed by atoms with van der Waals surface area (Å²) in [7, 11) is -2.29. The van der Waals surface area contributed by atoms with Gasteiger partial charge in [-0.2, -0.15) is 0 Å². The molecule has 0 saturated heterocycles. The number of hydrogen-bond donors (Lipinski definition) is 0.